The van der Waals surface area contributed by atoms with Crippen LogP contribution in [-0.4, -0.2) is 11.1 Å². The number of anilines is 1. The zero-order valence-electron chi connectivity index (χ0n) is 8.83. The molecule has 1 amide bonds. The van der Waals surface area contributed by atoms with E-state index in [-0.39, 0.29) is 5.91 Å². The molecule has 0 atom stereocenters. The zero-order chi connectivity index (χ0) is 12.4. The van der Waals surface area contributed by atoms with Crippen molar-refractivity contribution < 1.29 is 9.32 Å². The summed E-state index contributed by atoms with van der Waals surface area (Å²) >= 11 is 9.14. The van der Waals surface area contributed by atoms with Crippen LogP contribution in [0, 0.1) is 6.92 Å². The summed E-state index contributed by atoms with van der Waals surface area (Å²) < 4.78 is 5.55. The van der Waals surface area contributed by atoms with Gasteiger partial charge in [0.05, 0.1) is 11.2 Å². The maximum absolute atomic E-state index is 11.8. The highest BCUT2D eigenvalue weighted by molar-refractivity contribution is 9.10. The molecule has 0 radical (unpaired) electrons. The second kappa shape index (κ2) is 4.89. The van der Waals surface area contributed by atoms with Crippen LogP contribution in [0.3, 0.4) is 0 Å². The van der Waals surface area contributed by atoms with Crippen molar-refractivity contribution in [1.29, 1.82) is 0 Å². The van der Waals surface area contributed by atoms with Crippen molar-refractivity contribution in [2.75, 3.05) is 5.32 Å². The summed E-state index contributed by atoms with van der Waals surface area (Å²) in [6.45, 7) is 1.68. The molecule has 0 saturated heterocycles. The van der Waals surface area contributed by atoms with Gasteiger partial charge in [-0.2, -0.15) is 0 Å². The average Bonchev–Trinajstić information content (AvgIpc) is 2.70. The molecular formula is C11H8BrClN2O2. The lowest BCUT2D eigenvalue weighted by molar-refractivity contribution is 0.102. The van der Waals surface area contributed by atoms with Crippen molar-refractivity contribution in [3.63, 3.8) is 0 Å². The van der Waals surface area contributed by atoms with Gasteiger partial charge in [-0.25, -0.2) is 0 Å². The van der Waals surface area contributed by atoms with Gasteiger partial charge in [-0.3, -0.25) is 4.79 Å². The fourth-order valence-corrected chi connectivity index (χ4v) is 1.79. The maximum Gasteiger partial charge on any atom is 0.260 e. The summed E-state index contributed by atoms with van der Waals surface area (Å²) in [6.07, 6.45) is 1.38. The Morgan fingerprint density at radius 2 is 2.29 bits per heavy atom. The Bertz CT molecular complexity index is 568. The van der Waals surface area contributed by atoms with E-state index >= 15 is 0 Å². The molecule has 0 aliphatic heterocycles. The Kier molecular flexibility index (Phi) is 3.49. The van der Waals surface area contributed by atoms with Crippen molar-refractivity contribution in [1.82, 2.24) is 5.16 Å². The number of hydrogen-bond acceptors (Lipinski definition) is 3. The Morgan fingerprint density at radius 1 is 1.53 bits per heavy atom. The third-order valence-electron chi connectivity index (χ3n) is 2.17. The summed E-state index contributed by atoms with van der Waals surface area (Å²) in [4.78, 5) is 11.8. The summed E-state index contributed by atoms with van der Waals surface area (Å²) in [5.74, 6) is 0.216. The van der Waals surface area contributed by atoms with Gasteiger partial charge in [0.15, 0.2) is 0 Å². The van der Waals surface area contributed by atoms with Crippen LogP contribution >= 0.6 is 27.5 Å². The van der Waals surface area contributed by atoms with Gasteiger partial charge >= 0.3 is 0 Å². The summed E-state index contributed by atoms with van der Waals surface area (Å²) in [5.41, 5.74) is 1.06. The predicted octanol–water partition coefficient (Wildman–Crippen LogP) is 3.65. The quantitative estimate of drug-likeness (QED) is 0.920. The van der Waals surface area contributed by atoms with E-state index in [1.54, 1.807) is 25.1 Å². The topological polar surface area (TPSA) is 55.1 Å². The highest BCUT2D eigenvalue weighted by Crippen LogP contribution is 2.25. The van der Waals surface area contributed by atoms with E-state index in [4.69, 9.17) is 16.1 Å². The number of benzene rings is 1. The molecule has 0 saturated carbocycles. The minimum Gasteiger partial charge on any atom is -0.361 e. The molecular weight excluding hydrogens is 307 g/mol. The lowest BCUT2D eigenvalue weighted by atomic mass is 10.2. The van der Waals surface area contributed by atoms with Crippen molar-refractivity contribution in [3.8, 4) is 0 Å². The maximum atomic E-state index is 11.8. The van der Waals surface area contributed by atoms with Gasteiger partial charge in [-0.1, -0.05) is 16.8 Å². The molecule has 1 heterocycles. The third kappa shape index (κ3) is 2.68. The molecule has 1 aromatic carbocycles. The first kappa shape index (κ1) is 12.1. The van der Waals surface area contributed by atoms with Gasteiger partial charge in [-0.05, 0) is 41.1 Å². The molecule has 0 fully saturated rings. The van der Waals surface area contributed by atoms with Gasteiger partial charge in [0.2, 0.25) is 0 Å². The highest BCUT2D eigenvalue weighted by Gasteiger charge is 2.13. The first-order valence-corrected chi connectivity index (χ1v) is 5.92. The first-order valence-electron chi connectivity index (χ1n) is 4.75. The molecule has 88 valence electrons. The van der Waals surface area contributed by atoms with Gasteiger partial charge in [0.1, 0.15) is 11.3 Å². The zero-order valence-corrected chi connectivity index (χ0v) is 11.2. The van der Waals surface area contributed by atoms with Crippen molar-refractivity contribution >= 4 is 39.1 Å². The molecule has 17 heavy (non-hydrogen) atoms. The van der Waals surface area contributed by atoms with Crippen molar-refractivity contribution in [3.05, 3.63) is 45.2 Å². The minimum atomic E-state index is -0.266. The number of nitrogens with one attached hydrogen (secondary N) is 1. The Balaban J connectivity index is 2.19. The summed E-state index contributed by atoms with van der Waals surface area (Å²) in [6, 6.07) is 5.14. The molecule has 4 nitrogen and oxygen atoms in total. The second-order valence-electron chi connectivity index (χ2n) is 3.38. The van der Waals surface area contributed by atoms with E-state index in [0.717, 1.165) is 4.47 Å². The minimum absolute atomic E-state index is 0.266. The standard InChI is InChI=1S/C11H8BrClN2O2/c1-6-8(5-14-17-6)11(16)15-7-2-3-10(13)9(12)4-7/h2-5H,1H3,(H,15,16). The van der Waals surface area contributed by atoms with Crippen LogP contribution in [0.5, 0.6) is 0 Å². The molecule has 6 heteroatoms. The Hall–Kier alpha value is -1.33. The third-order valence-corrected chi connectivity index (χ3v) is 3.39. The van der Waals surface area contributed by atoms with E-state index < -0.39 is 0 Å². The van der Waals surface area contributed by atoms with Gasteiger partial charge in [0.25, 0.3) is 5.91 Å². The number of hydrogen-bond donors (Lipinski definition) is 1. The van der Waals surface area contributed by atoms with E-state index in [0.29, 0.717) is 22.0 Å². The molecule has 0 unspecified atom stereocenters. The fraction of sp³-hybridized carbons (Fsp3) is 0.0909. The van der Waals surface area contributed by atoms with E-state index in [1.165, 1.54) is 6.20 Å². The molecule has 0 bridgehead atoms. The van der Waals surface area contributed by atoms with E-state index in [1.807, 2.05) is 0 Å². The molecule has 0 aliphatic carbocycles. The molecule has 0 spiro atoms. The fourth-order valence-electron chi connectivity index (χ4n) is 1.29. The number of aromatic nitrogens is 1. The number of carbonyl (C=O) groups is 1. The normalized spacial score (nSPS) is 10.3. The summed E-state index contributed by atoms with van der Waals surface area (Å²) in [5, 5.41) is 6.86. The van der Waals surface area contributed by atoms with Crippen LogP contribution in [0.1, 0.15) is 16.1 Å². The smallest absolute Gasteiger partial charge is 0.260 e. The van der Waals surface area contributed by atoms with E-state index in [2.05, 4.69) is 26.4 Å². The lowest BCUT2D eigenvalue weighted by Gasteiger charge is -2.05. The SMILES string of the molecule is Cc1oncc1C(=O)Nc1ccc(Cl)c(Br)c1. The van der Waals surface area contributed by atoms with Crippen LogP contribution < -0.4 is 5.32 Å². The Morgan fingerprint density at radius 3 is 2.88 bits per heavy atom. The first-order chi connectivity index (χ1) is 8.08. The monoisotopic (exact) mass is 314 g/mol. The van der Waals surface area contributed by atoms with Crippen molar-refractivity contribution in [2.45, 2.75) is 6.92 Å². The average molecular weight is 316 g/mol. The highest BCUT2D eigenvalue weighted by atomic mass is 79.9. The van der Waals surface area contributed by atoms with Crippen molar-refractivity contribution in [2.24, 2.45) is 0 Å². The molecule has 0 aliphatic rings. The van der Waals surface area contributed by atoms with Gasteiger partial charge in [-0.15, -0.1) is 0 Å². The van der Waals surface area contributed by atoms with Gasteiger partial charge < -0.3 is 9.84 Å². The molecule has 1 N–H and O–H groups in total. The van der Waals surface area contributed by atoms with Crippen LogP contribution in [-0.2, 0) is 0 Å². The summed E-state index contributed by atoms with van der Waals surface area (Å²) in [7, 11) is 0. The number of rotatable bonds is 2. The second-order valence-corrected chi connectivity index (χ2v) is 4.64. The van der Waals surface area contributed by atoms with E-state index in [9.17, 15) is 4.79 Å². The largest absolute Gasteiger partial charge is 0.361 e. The number of aryl methyl sites for hydroxylation is 1. The molecule has 2 aromatic rings. The predicted molar refractivity (Wildman–Crippen MR) is 68.3 cm³/mol. The number of nitrogens with zero attached hydrogens (tertiary/aromatic N) is 1. The van der Waals surface area contributed by atoms with Gasteiger partial charge in [0, 0.05) is 10.2 Å². The number of carbonyl (C=O) groups excluding carboxylic acids is 1. The van der Waals surface area contributed by atoms with Crippen LogP contribution in [0.4, 0.5) is 5.69 Å². The van der Waals surface area contributed by atoms with Crippen LogP contribution in [0.2, 0.25) is 5.02 Å². The Labute approximate surface area is 111 Å². The number of halogens is 2. The molecule has 1 aromatic heterocycles. The number of amides is 1. The van der Waals surface area contributed by atoms with Crippen LogP contribution in [0.15, 0.2) is 33.4 Å². The molecule has 2 rings (SSSR count). The lowest BCUT2D eigenvalue weighted by Crippen LogP contribution is -2.12. The van der Waals surface area contributed by atoms with Crippen LogP contribution in [0.25, 0.3) is 0 Å².